The van der Waals surface area contributed by atoms with Crippen molar-refractivity contribution in [2.75, 3.05) is 11.5 Å². The van der Waals surface area contributed by atoms with Crippen molar-refractivity contribution < 1.29 is 13.2 Å². The van der Waals surface area contributed by atoms with Crippen LogP contribution in [0.2, 0.25) is 0 Å². The average Bonchev–Trinajstić information content (AvgIpc) is 1.81. The van der Waals surface area contributed by atoms with Crippen molar-refractivity contribution in [3.8, 4) is 0 Å². The lowest BCUT2D eigenvalue weighted by Gasteiger charge is -2.19. The Morgan fingerprint density at radius 2 is 1.55 bits per heavy atom. The SMILES string of the molecule is O=C1[C@@H](Br)CS(=O)(=O)C[C@@H]1Br. The number of rotatable bonds is 0. The number of hydrogen-bond donors (Lipinski definition) is 0. The number of ketones is 1. The molecule has 0 aromatic rings. The van der Waals surface area contributed by atoms with Crippen LogP contribution in [0.25, 0.3) is 0 Å². The fraction of sp³-hybridized carbons (Fsp3) is 0.800. The highest BCUT2D eigenvalue weighted by Gasteiger charge is 2.36. The highest BCUT2D eigenvalue weighted by atomic mass is 79.9. The van der Waals surface area contributed by atoms with Gasteiger partial charge in [-0.3, -0.25) is 4.79 Å². The van der Waals surface area contributed by atoms with E-state index < -0.39 is 19.5 Å². The van der Waals surface area contributed by atoms with Crippen LogP contribution < -0.4 is 0 Å². The van der Waals surface area contributed by atoms with E-state index in [9.17, 15) is 13.2 Å². The lowest BCUT2D eigenvalue weighted by atomic mass is 10.2. The smallest absolute Gasteiger partial charge is 0.162 e. The monoisotopic (exact) mass is 304 g/mol. The molecular formula is C5H6Br2O3S. The third-order valence-corrected chi connectivity index (χ3v) is 5.51. The predicted molar refractivity (Wildman–Crippen MR) is 49.1 cm³/mol. The van der Waals surface area contributed by atoms with Crippen molar-refractivity contribution in [1.82, 2.24) is 0 Å². The summed E-state index contributed by atoms with van der Waals surface area (Å²) in [4.78, 5) is 9.98. The number of carbonyl (C=O) groups is 1. The molecule has 1 fully saturated rings. The average molecular weight is 306 g/mol. The topological polar surface area (TPSA) is 51.2 Å². The van der Waals surface area contributed by atoms with Crippen molar-refractivity contribution in [2.24, 2.45) is 0 Å². The standard InChI is InChI=1S/C5H6Br2O3S/c6-3-1-11(9,10)2-4(7)5(3)8/h3-4H,1-2H2/t3-,4-/m0/s1. The molecule has 1 heterocycles. The lowest BCUT2D eigenvalue weighted by Crippen LogP contribution is -2.41. The Bertz CT molecular complexity index is 251. The molecule has 0 unspecified atom stereocenters. The van der Waals surface area contributed by atoms with Crippen LogP contribution in [0.1, 0.15) is 0 Å². The van der Waals surface area contributed by atoms with Crippen LogP contribution in [0.4, 0.5) is 0 Å². The Morgan fingerprint density at radius 3 is 1.91 bits per heavy atom. The van der Waals surface area contributed by atoms with Gasteiger partial charge in [-0.05, 0) is 0 Å². The highest BCUT2D eigenvalue weighted by Crippen LogP contribution is 2.20. The third kappa shape index (κ3) is 2.26. The van der Waals surface area contributed by atoms with Gasteiger partial charge in [-0.2, -0.15) is 0 Å². The molecule has 0 radical (unpaired) electrons. The number of Topliss-reactive ketones (excluding diaryl/α,β-unsaturated/α-hetero) is 1. The minimum absolute atomic E-state index is 0.0755. The normalized spacial score (nSPS) is 37.1. The van der Waals surface area contributed by atoms with Crippen LogP contribution in [0.3, 0.4) is 0 Å². The molecular weight excluding hydrogens is 300 g/mol. The van der Waals surface area contributed by atoms with Gasteiger partial charge < -0.3 is 0 Å². The zero-order valence-electron chi connectivity index (χ0n) is 5.46. The Morgan fingerprint density at radius 1 is 1.18 bits per heavy atom. The minimum Gasteiger partial charge on any atom is -0.297 e. The molecule has 2 atom stereocenters. The molecule has 0 N–H and O–H groups in total. The summed E-state index contributed by atoms with van der Waals surface area (Å²) in [5, 5.41) is 0. The molecule has 0 spiro atoms. The van der Waals surface area contributed by atoms with Crippen molar-refractivity contribution in [3.63, 3.8) is 0 Å². The molecule has 0 bridgehead atoms. The first kappa shape index (κ1) is 9.67. The summed E-state index contributed by atoms with van der Waals surface area (Å²) in [7, 11) is -3.03. The number of alkyl halides is 2. The lowest BCUT2D eigenvalue weighted by molar-refractivity contribution is -0.117. The molecule has 1 saturated heterocycles. The van der Waals surface area contributed by atoms with Gasteiger partial charge in [0, 0.05) is 0 Å². The first-order valence-corrected chi connectivity index (χ1v) is 6.60. The zero-order valence-corrected chi connectivity index (χ0v) is 9.45. The fourth-order valence-electron chi connectivity index (χ4n) is 0.874. The number of sulfone groups is 1. The zero-order chi connectivity index (χ0) is 8.65. The minimum atomic E-state index is -3.03. The largest absolute Gasteiger partial charge is 0.297 e. The maximum absolute atomic E-state index is 11.1. The summed E-state index contributed by atoms with van der Waals surface area (Å²) < 4.78 is 22.0. The van der Waals surface area contributed by atoms with Gasteiger partial charge in [0.05, 0.1) is 21.2 Å². The second kappa shape index (κ2) is 3.14. The summed E-state index contributed by atoms with van der Waals surface area (Å²) in [5.74, 6) is -0.234. The Balaban J connectivity index is 2.87. The van der Waals surface area contributed by atoms with Crippen LogP contribution in [0.5, 0.6) is 0 Å². The fourth-order valence-corrected chi connectivity index (χ4v) is 5.64. The molecule has 0 aromatic carbocycles. The van der Waals surface area contributed by atoms with Gasteiger partial charge in [0.2, 0.25) is 0 Å². The van der Waals surface area contributed by atoms with Crippen LogP contribution in [-0.2, 0) is 14.6 Å². The van der Waals surface area contributed by atoms with Gasteiger partial charge in [0.25, 0.3) is 0 Å². The van der Waals surface area contributed by atoms with E-state index >= 15 is 0 Å². The summed E-state index contributed by atoms with van der Waals surface area (Å²) in [6.45, 7) is 0. The summed E-state index contributed by atoms with van der Waals surface area (Å²) in [5.41, 5.74) is 0. The molecule has 0 aromatic heterocycles. The molecule has 1 rings (SSSR count). The van der Waals surface area contributed by atoms with Gasteiger partial charge in [-0.25, -0.2) is 8.42 Å². The van der Waals surface area contributed by atoms with E-state index in [4.69, 9.17) is 0 Å². The van der Waals surface area contributed by atoms with Crippen molar-refractivity contribution in [2.45, 2.75) is 9.65 Å². The van der Waals surface area contributed by atoms with Crippen molar-refractivity contribution in [1.29, 1.82) is 0 Å². The second-order valence-corrected chi connectivity index (χ2v) is 6.78. The van der Waals surface area contributed by atoms with Crippen molar-refractivity contribution in [3.05, 3.63) is 0 Å². The highest BCUT2D eigenvalue weighted by molar-refractivity contribution is 9.10. The molecule has 3 nitrogen and oxygen atoms in total. The van der Waals surface area contributed by atoms with E-state index in [2.05, 4.69) is 31.9 Å². The molecule has 11 heavy (non-hydrogen) atoms. The van der Waals surface area contributed by atoms with E-state index in [0.29, 0.717) is 0 Å². The second-order valence-electron chi connectivity index (χ2n) is 2.41. The van der Waals surface area contributed by atoms with Crippen molar-refractivity contribution >= 4 is 47.5 Å². The molecule has 0 saturated carbocycles. The maximum atomic E-state index is 11.1. The molecule has 0 amide bonds. The molecule has 0 aliphatic carbocycles. The van der Waals surface area contributed by atoms with Gasteiger partial charge in [-0.1, -0.05) is 31.9 Å². The first-order valence-electron chi connectivity index (χ1n) is 2.95. The van der Waals surface area contributed by atoms with Gasteiger partial charge in [0.1, 0.15) is 0 Å². The maximum Gasteiger partial charge on any atom is 0.162 e. The number of hydrogen-bond acceptors (Lipinski definition) is 3. The first-order chi connectivity index (χ1) is 4.92. The molecule has 64 valence electrons. The van der Waals surface area contributed by atoms with Crippen LogP contribution in [0, 0.1) is 0 Å². The Kier molecular flexibility index (Phi) is 2.76. The van der Waals surface area contributed by atoms with Gasteiger partial charge in [-0.15, -0.1) is 0 Å². The van der Waals surface area contributed by atoms with Crippen LogP contribution in [0.15, 0.2) is 0 Å². The van der Waals surface area contributed by atoms with Crippen LogP contribution >= 0.6 is 31.9 Å². The molecule has 1 aliphatic rings. The van der Waals surface area contributed by atoms with E-state index in [1.807, 2.05) is 0 Å². The third-order valence-electron chi connectivity index (χ3n) is 1.42. The van der Waals surface area contributed by atoms with E-state index in [-0.39, 0.29) is 17.3 Å². The number of carbonyl (C=O) groups excluding carboxylic acids is 1. The van der Waals surface area contributed by atoms with Gasteiger partial charge in [0.15, 0.2) is 15.6 Å². The number of halogens is 2. The summed E-state index contributed by atoms with van der Waals surface area (Å²) >= 11 is 6.02. The summed E-state index contributed by atoms with van der Waals surface area (Å²) in [6.07, 6.45) is 0. The van der Waals surface area contributed by atoms with E-state index in [0.717, 1.165) is 0 Å². The summed E-state index contributed by atoms with van der Waals surface area (Å²) in [6, 6.07) is 0. The Labute approximate surface area is 81.7 Å². The molecule has 1 aliphatic heterocycles. The Hall–Kier alpha value is 0.580. The van der Waals surface area contributed by atoms with E-state index in [1.54, 1.807) is 0 Å². The van der Waals surface area contributed by atoms with Gasteiger partial charge >= 0.3 is 0 Å². The quantitative estimate of drug-likeness (QED) is 0.613. The molecule has 6 heteroatoms. The van der Waals surface area contributed by atoms with E-state index in [1.165, 1.54) is 0 Å². The predicted octanol–water partition coefficient (Wildman–Crippen LogP) is 0.511. The van der Waals surface area contributed by atoms with Crippen LogP contribution in [-0.4, -0.2) is 35.4 Å².